The lowest BCUT2D eigenvalue weighted by molar-refractivity contribution is -0.143. The third-order valence-corrected chi connectivity index (χ3v) is 9.70. The molecule has 61 heavy (non-hydrogen) atoms. The SMILES string of the molecule is CCN1CCN(CC(=O)O)CCN(CC(=O)CCCCC[C@H](NC(=O)[C@H](CCCN=C(N)N)NC(=O)[C@H](CC(=O)O)NC(=O)[C@H](CCCN=C(N)N)NC(C)=O)C(=O)O)CC1. The fourth-order valence-corrected chi connectivity index (χ4v) is 6.43. The molecule has 1 heterocycles. The van der Waals surface area contributed by atoms with Gasteiger partial charge in [-0.15, -0.1) is 0 Å². The van der Waals surface area contributed by atoms with Gasteiger partial charge in [-0.3, -0.25) is 53.3 Å². The summed E-state index contributed by atoms with van der Waals surface area (Å²) in [5, 5.41) is 38.4. The summed E-state index contributed by atoms with van der Waals surface area (Å²) in [6.07, 6.45) is 0.909. The van der Waals surface area contributed by atoms with Crippen LogP contribution in [0.2, 0.25) is 0 Å². The number of unbranched alkanes of at least 4 members (excludes halogenated alkanes) is 2. The second kappa shape index (κ2) is 29.6. The largest absolute Gasteiger partial charge is 0.481 e. The number of rotatable bonds is 29. The Balaban J connectivity index is 2.94. The van der Waals surface area contributed by atoms with Gasteiger partial charge in [-0.1, -0.05) is 19.8 Å². The Morgan fingerprint density at radius 1 is 0.557 bits per heavy atom. The molecule has 24 nitrogen and oxygen atoms in total. The van der Waals surface area contributed by atoms with E-state index in [1.54, 1.807) is 0 Å². The van der Waals surface area contributed by atoms with E-state index in [4.69, 9.17) is 22.9 Å². The van der Waals surface area contributed by atoms with Crippen molar-refractivity contribution in [3.05, 3.63) is 0 Å². The molecule has 1 rings (SSSR count). The van der Waals surface area contributed by atoms with E-state index in [0.717, 1.165) is 26.6 Å². The van der Waals surface area contributed by atoms with Gasteiger partial charge in [0.25, 0.3) is 0 Å². The third kappa shape index (κ3) is 24.9. The number of hydrogen-bond acceptors (Lipinski definition) is 13. The summed E-state index contributed by atoms with van der Waals surface area (Å²) in [4.78, 5) is 114. The number of carbonyl (C=O) groups excluding carboxylic acids is 5. The van der Waals surface area contributed by atoms with Crippen LogP contribution in [0.4, 0.5) is 0 Å². The third-order valence-electron chi connectivity index (χ3n) is 9.70. The Morgan fingerprint density at radius 2 is 1.00 bits per heavy atom. The maximum atomic E-state index is 13.5. The average Bonchev–Trinajstić information content (AvgIpc) is 3.25. The van der Waals surface area contributed by atoms with E-state index in [-0.39, 0.29) is 82.4 Å². The molecule has 0 aromatic rings. The normalized spacial score (nSPS) is 15.8. The highest BCUT2D eigenvalue weighted by Crippen LogP contribution is 2.10. The summed E-state index contributed by atoms with van der Waals surface area (Å²) in [5.74, 6) is -7.56. The molecular formula is C37H67N13O11. The van der Waals surface area contributed by atoms with Crippen molar-refractivity contribution in [3.8, 4) is 0 Å². The van der Waals surface area contributed by atoms with Gasteiger partial charge in [-0.05, 0) is 45.1 Å². The van der Waals surface area contributed by atoms with Gasteiger partial charge in [0.2, 0.25) is 23.6 Å². The molecule has 0 radical (unpaired) electrons. The minimum absolute atomic E-state index is 0.000325. The van der Waals surface area contributed by atoms with Crippen molar-refractivity contribution < 1.29 is 53.7 Å². The van der Waals surface area contributed by atoms with Gasteiger partial charge >= 0.3 is 17.9 Å². The maximum Gasteiger partial charge on any atom is 0.326 e. The number of carboxylic acids is 3. The predicted molar refractivity (Wildman–Crippen MR) is 224 cm³/mol. The number of nitrogens with two attached hydrogens (primary N) is 4. The van der Waals surface area contributed by atoms with Crippen LogP contribution in [0.15, 0.2) is 9.98 Å². The molecule has 1 fully saturated rings. The molecule has 0 saturated carbocycles. The summed E-state index contributed by atoms with van der Waals surface area (Å²) >= 11 is 0. The van der Waals surface area contributed by atoms with Crippen LogP contribution >= 0.6 is 0 Å². The van der Waals surface area contributed by atoms with Crippen molar-refractivity contribution in [2.24, 2.45) is 32.9 Å². The molecule has 24 heteroatoms. The number of nitrogens with zero attached hydrogens (tertiary/aromatic N) is 5. The van der Waals surface area contributed by atoms with Crippen LogP contribution in [0.1, 0.15) is 78.1 Å². The molecule has 0 bridgehead atoms. The van der Waals surface area contributed by atoms with E-state index in [2.05, 4.69) is 36.2 Å². The number of carbonyl (C=O) groups is 8. The fraction of sp³-hybridized carbons (Fsp3) is 0.730. The van der Waals surface area contributed by atoms with E-state index in [9.17, 15) is 53.7 Å². The number of likely N-dealkylation sites (N-methyl/N-ethyl adjacent to an activating group) is 1. The van der Waals surface area contributed by atoms with Crippen LogP contribution in [-0.4, -0.2) is 185 Å². The van der Waals surface area contributed by atoms with Crippen LogP contribution < -0.4 is 44.2 Å². The number of nitrogens with one attached hydrogen (secondary N) is 4. The highest BCUT2D eigenvalue weighted by Gasteiger charge is 2.32. The Kier molecular flexibility index (Phi) is 25.9. The van der Waals surface area contributed by atoms with Gasteiger partial charge in [0.05, 0.1) is 19.5 Å². The minimum Gasteiger partial charge on any atom is -0.481 e. The molecule has 0 spiro atoms. The highest BCUT2D eigenvalue weighted by atomic mass is 16.4. The van der Waals surface area contributed by atoms with E-state index >= 15 is 0 Å². The van der Waals surface area contributed by atoms with Gasteiger partial charge in [0, 0.05) is 65.7 Å². The van der Waals surface area contributed by atoms with Crippen molar-refractivity contribution in [1.29, 1.82) is 0 Å². The van der Waals surface area contributed by atoms with Gasteiger partial charge < -0.3 is 64.4 Å². The molecule has 0 aromatic carbocycles. The van der Waals surface area contributed by atoms with Crippen molar-refractivity contribution in [1.82, 2.24) is 36.0 Å². The Labute approximate surface area is 355 Å². The molecule has 1 aliphatic rings. The zero-order chi connectivity index (χ0) is 45.9. The Morgan fingerprint density at radius 3 is 1.46 bits per heavy atom. The number of aliphatic imine (C=N–C) groups is 2. The summed E-state index contributed by atoms with van der Waals surface area (Å²) in [6.45, 7) is 8.10. The van der Waals surface area contributed by atoms with E-state index < -0.39 is 72.1 Å². The number of guanidine groups is 2. The first-order chi connectivity index (χ1) is 28.8. The van der Waals surface area contributed by atoms with Crippen molar-refractivity contribution in [2.45, 2.75) is 102 Å². The number of aliphatic carboxylic acids is 3. The maximum absolute atomic E-state index is 13.5. The first-order valence-corrected chi connectivity index (χ1v) is 20.4. The fourth-order valence-electron chi connectivity index (χ4n) is 6.43. The summed E-state index contributed by atoms with van der Waals surface area (Å²) in [6, 6.07) is -5.69. The summed E-state index contributed by atoms with van der Waals surface area (Å²) in [7, 11) is 0. The molecule has 0 aromatic heterocycles. The molecule has 0 aliphatic carbocycles. The van der Waals surface area contributed by atoms with E-state index in [1.165, 1.54) is 0 Å². The van der Waals surface area contributed by atoms with Crippen molar-refractivity contribution in [3.63, 3.8) is 0 Å². The zero-order valence-corrected chi connectivity index (χ0v) is 35.3. The molecular weight excluding hydrogens is 802 g/mol. The molecule has 15 N–H and O–H groups in total. The van der Waals surface area contributed by atoms with Gasteiger partial charge in [0.1, 0.15) is 30.0 Å². The van der Waals surface area contributed by atoms with Crippen LogP contribution in [0, 0.1) is 0 Å². The van der Waals surface area contributed by atoms with E-state index in [1.807, 2.05) is 16.7 Å². The van der Waals surface area contributed by atoms with Gasteiger partial charge in [0.15, 0.2) is 11.9 Å². The van der Waals surface area contributed by atoms with Crippen LogP contribution in [0.5, 0.6) is 0 Å². The average molecular weight is 870 g/mol. The molecule has 346 valence electrons. The number of ketones is 1. The first-order valence-electron chi connectivity index (χ1n) is 20.4. The Bertz CT molecular complexity index is 1520. The smallest absolute Gasteiger partial charge is 0.326 e. The molecule has 1 aliphatic heterocycles. The lowest BCUT2D eigenvalue weighted by atomic mass is 10.0. The molecule has 1 saturated heterocycles. The number of Topliss-reactive ketones (excluding diaryl/α,β-unsaturated/α-hetero) is 1. The number of amides is 4. The second-order valence-electron chi connectivity index (χ2n) is 14.8. The lowest BCUT2D eigenvalue weighted by Crippen LogP contribution is -2.58. The minimum atomic E-state index is -1.71. The monoisotopic (exact) mass is 870 g/mol. The van der Waals surface area contributed by atoms with Crippen LogP contribution in [0.3, 0.4) is 0 Å². The van der Waals surface area contributed by atoms with E-state index in [0.29, 0.717) is 45.4 Å². The first kappa shape index (κ1) is 53.4. The molecule has 0 unspecified atom stereocenters. The van der Waals surface area contributed by atoms with Gasteiger partial charge in [-0.25, -0.2) is 4.79 Å². The van der Waals surface area contributed by atoms with Gasteiger partial charge in [-0.2, -0.15) is 0 Å². The van der Waals surface area contributed by atoms with Crippen molar-refractivity contribution >= 4 is 59.2 Å². The highest BCUT2D eigenvalue weighted by molar-refractivity contribution is 5.96. The van der Waals surface area contributed by atoms with Crippen LogP contribution in [-0.2, 0) is 38.4 Å². The summed E-state index contributed by atoms with van der Waals surface area (Å²) in [5.41, 5.74) is 21.4. The summed E-state index contributed by atoms with van der Waals surface area (Å²) < 4.78 is 0. The number of hydrogen-bond donors (Lipinski definition) is 11. The standard InChI is InChI=1S/C37H67N13O11/c1-3-48-15-17-49(19-20-50(18-16-48)23-31(55)56)22-25(52)9-5-4-6-10-28(35(60)61)46-33(58)27(12-8-14-43-37(40)41)45-34(59)29(21-30(53)54)47-32(57)26(44-24(2)51)11-7-13-42-36(38)39/h26-29H,3-23H2,1-2H3,(H,44,51)(H,45,59)(H,46,58)(H,47,57)(H,53,54)(H,55,56)(H,60,61)(H4,38,39,42)(H4,40,41,43)/t26-,27-,28-,29-/m0/s1. The lowest BCUT2D eigenvalue weighted by Gasteiger charge is -2.25. The van der Waals surface area contributed by atoms with Crippen molar-refractivity contribution in [2.75, 3.05) is 72.0 Å². The zero-order valence-electron chi connectivity index (χ0n) is 35.3. The molecule has 4 amide bonds. The predicted octanol–water partition coefficient (Wildman–Crippen LogP) is -3.84. The topological polar surface area (TPSA) is 384 Å². The number of carboxylic acid groups (broad SMARTS) is 3. The van der Waals surface area contributed by atoms with Crippen LogP contribution in [0.25, 0.3) is 0 Å². The molecule has 4 atom stereocenters. The quantitative estimate of drug-likeness (QED) is 0.0195. The Hall–Kier alpha value is -5.62. The second-order valence-corrected chi connectivity index (χ2v) is 14.8.